The SMILES string of the molecule is CC1(C(O)Cc2nc(-c3ccccc3)cs2)CCCO1. The summed E-state index contributed by atoms with van der Waals surface area (Å²) in [5, 5.41) is 13.4. The van der Waals surface area contributed by atoms with Crippen LogP contribution in [-0.2, 0) is 11.2 Å². The Morgan fingerprint density at radius 3 is 2.90 bits per heavy atom. The minimum absolute atomic E-state index is 0.404. The van der Waals surface area contributed by atoms with Crippen molar-refractivity contribution in [1.82, 2.24) is 4.98 Å². The maximum Gasteiger partial charge on any atom is 0.0959 e. The molecule has 1 fully saturated rings. The molecule has 3 nitrogen and oxygen atoms in total. The van der Waals surface area contributed by atoms with Crippen molar-refractivity contribution in [3.05, 3.63) is 40.7 Å². The second-order valence-electron chi connectivity index (χ2n) is 5.48. The van der Waals surface area contributed by atoms with Crippen LogP contribution in [0.4, 0.5) is 0 Å². The maximum atomic E-state index is 10.4. The van der Waals surface area contributed by atoms with Gasteiger partial charge in [0, 0.05) is 24.0 Å². The van der Waals surface area contributed by atoms with Gasteiger partial charge in [0.2, 0.25) is 0 Å². The van der Waals surface area contributed by atoms with Crippen LogP contribution in [0.1, 0.15) is 24.8 Å². The Morgan fingerprint density at radius 2 is 2.20 bits per heavy atom. The number of benzene rings is 1. The topological polar surface area (TPSA) is 42.4 Å². The second kappa shape index (κ2) is 5.64. The van der Waals surface area contributed by atoms with Crippen molar-refractivity contribution < 1.29 is 9.84 Å². The first kappa shape index (κ1) is 13.7. The maximum absolute atomic E-state index is 10.4. The highest BCUT2D eigenvalue weighted by Crippen LogP contribution is 2.31. The van der Waals surface area contributed by atoms with Gasteiger partial charge in [0.15, 0.2) is 0 Å². The van der Waals surface area contributed by atoms with E-state index in [1.165, 1.54) is 0 Å². The lowest BCUT2D eigenvalue weighted by Gasteiger charge is -2.28. The molecular formula is C16H19NO2S. The van der Waals surface area contributed by atoms with E-state index < -0.39 is 11.7 Å². The third-order valence-electron chi connectivity index (χ3n) is 3.94. The zero-order chi connectivity index (χ0) is 14.0. The van der Waals surface area contributed by atoms with E-state index in [-0.39, 0.29) is 0 Å². The number of ether oxygens (including phenoxy) is 1. The van der Waals surface area contributed by atoms with Crippen molar-refractivity contribution in [3.63, 3.8) is 0 Å². The zero-order valence-corrected chi connectivity index (χ0v) is 12.4. The number of nitrogens with zero attached hydrogens (tertiary/aromatic N) is 1. The quantitative estimate of drug-likeness (QED) is 0.939. The number of aromatic nitrogens is 1. The van der Waals surface area contributed by atoms with Gasteiger partial charge in [0.05, 0.1) is 22.4 Å². The molecular weight excluding hydrogens is 270 g/mol. The molecule has 0 bridgehead atoms. The molecule has 1 aromatic heterocycles. The summed E-state index contributed by atoms with van der Waals surface area (Å²) in [6, 6.07) is 10.1. The van der Waals surface area contributed by atoms with Crippen molar-refractivity contribution in [1.29, 1.82) is 0 Å². The highest BCUT2D eigenvalue weighted by molar-refractivity contribution is 7.09. The van der Waals surface area contributed by atoms with Crippen molar-refractivity contribution in [3.8, 4) is 11.3 Å². The van der Waals surface area contributed by atoms with Crippen LogP contribution < -0.4 is 0 Å². The molecule has 1 aliphatic heterocycles. The number of hydrogen-bond acceptors (Lipinski definition) is 4. The summed E-state index contributed by atoms with van der Waals surface area (Å²) in [5.74, 6) is 0. The Kier molecular flexibility index (Phi) is 3.87. The number of aliphatic hydroxyl groups is 1. The van der Waals surface area contributed by atoms with Crippen molar-refractivity contribution in [2.45, 2.75) is 37.9 Å². The normalized spacial score (nSPS) is 23.9. The molecule has 1 N–H and O–H groups in total. The van der Waals surface area contributed by atoms with Gasteiger partial charge in [0.25, 0.3) is 0 Å². The standard InChI is InChI=1S/C16H19NO2S/c1-16(8-5-9-19-16)14(18)10-15-17-13(11-20-15)12-6-3-2-4-7-12/h2-4,6-7,11,14,18H,5,8-10H2,1H3. The Hall–Kier alpha value is -1.23. The number of thiazole rings is 1. The van der Waals surface area contributed by atoms with E-state index in [1.54, 1.807) is 11.3 Å². The first-order valence-corrected chi connectivity index (χ1v) is 7.87. The average molecular weight is 289 g/mol. The summed E-state index contributed by atoms with van der Waals surface area (Å²) >= 11 is 1.60. The van der Waals surface area contributed by atoms with E-state index in [1.807, 2.05) is 25.1 Å². The summed E-state index contributed by atoms with van der Waals surface area (Å²) in [6.07, 6.45) is 2.03. The molecule has 1 aromatic carbocycles. The molecule has 4 heteroatoms. The van der Waals surface area contributed by atoms with Crippen LogP contribution in [-0.4, -0.2) is 28.4 Å². The fourth-order valence-corrected chi connectivity index (χ4v) is 3.43. The van der Waals surface area contributed by atoms with Crippen LogP contribution in [0.5, 0.6) is 0 Å². The van der Waals surface area contributed by atoms with Gasteiger partial charge in [-0.15, -0.1) is 11.3 Å². The molecule has 0 radical (unpaired) electrons. The Balaban J connectivity index is 1.71. The highest BCUT2D eigenvalue weighted by atomic mass is 32.1. The molecule has 2 aromatic rings. The van der Waals surface area contributed by atoms with Crippen molar-refractivity contribution in [2.24, 2.45) is 0 Å². The van der Waals surface area contributed by atoms with E-state index in [0.717, 1.165) is 35.7 Å². The molecule has 1 aliphatic rings. The predicted octanol–water partition coefficient (Wildman–Crippen LogP) is 3.28. The molecule has 2 atom stereocenters. The zero-order valence-electron chi connectivity index (χ0n) is 11.6. The van der Waals surface area contributed by atoms with Gasteiger partial charge in [-0.1, -0.05) is 30.3 Å². The van der Waals surface area contributed by atoms with Crippen LogP contribution in [0.3, 0.4) is 0 Å². The monoisotopic (exact) mass is 289 g/mol. The fraction of sp³-hybridized carbons (Fsp3) is 0.438. The molecule has 2 unspecified atom stereocenters. The van der Waals surface area contributed by atoms with Crippen molar-refractivity contribution in [2.75, 3.05) is 6.61 Å². The van der Waals surface area contributed by atoms with Crippen molar-refractivity contribution >= 4 is 11.3 Å². The lowest BCUT2D eigenvalue weighted by Crippen LogP contribution is -2.39. The van der Waals surface area contributed by atoms with Crippen LogP contribution in [0.25, 0.3) is 11.3 Å². The molecule has 0 spiro atoms. The fourth-order valence-electron chi connectivity index (χ4n) is 2.59. The van der Waals surface area contributed by atoms with Gasteiger partial charge in [-0.2, -0.15) is 0 Å². The van der Waals surface area contributed by atoms with E-state index in [4.69, 9.17) is 4.74 Å². The highest BCUT2D eigenvalue weighted by Gasteiger charge is 2.37. The summed E-state index contributed by atoms with van der Waals surface area (Å²) in [4.78, 5) is 4.63. The lowest BCUT2D eigenvalue weighted by atomic mass is 9.93. The Bertz CT molecular complexity index is 561. The van der Waals surface area contributed by atoms with Gasteiger partial charge in [-0.05, 0) is 19.8 Å². The van der Waals surface area contributed by atoms with Crippen LogP contribution in [0.2, 0.25) is 0 Å². The van der Waals surface area contributed by atoms with Gasteiger partial charge < -0.3 is 9.84 Å². The summed E-state index contributed by atoms with van der Waals surface area (Å²) in [5.41, 5.74) is 1.70. The molecule has 3 rings (SSSR count). The lowest BCUT2D eigenvalue weighted by molar-refractivity contribution is -0.0768. The largest absolute Gasteiger partial charge is 0.390 e. The van der Waals surface area contributed by atoms with Gasteiger partial charge >= 0.3 is 0 Å². The molecule has 0 amide bonds. The third-order valence-corrected chi connectivity index (χ3v) is 4.81. The Morgan fingerprint density at radius 1 is 1.40 bits per heavy atom. The molecule has 20 heavy (non-hydrogen) atoms. The minimum atomic E-state index is -0.486. The third kappa shape index (κ3) is 2.77. The van der Waals surface area contributed by atoms with Gasteiger partial charge in [0.1, 0.15) is 0 Å². The van der Waals surface area contributed by atoms with Crippen LogP contribution >= 0.6 is 11.3 Å². The first-order chi connectivity index (χ1) is 9.67. The van der Waals surface area contributed by atoms with Crippen LogP contribution in [0.15, 0.2) is 35.7 Å². The molecule has 0 saturated carbocycles. The molecule has 2 heterocycles. The molecule has 0 aliphatic carbocycles. The minimum Gasteiger partial charge on any atom is -0.390 e. The van der Waals surface area contributed by atoms with E-state index in [9.17, 15) is 5.11 Å². The Labute approximate surface area is 123 Å². The van der Waals surface area contributed by atoms with Crippen LogP contribution in [0, 0.1) is 0 Å². The number of rotatable bonds is 4. The predicted molar refractivity (Wildman–Crippen MR) is 80.9 cm³/mol. The summed E-state index contributed by atoms with van der Waals surface area (Å²) in [6.45, 7) is 2.75. The molecule has 1 saturated heterocycles. The smallest absolute Gasteiger partial charge is 0.0959 e. The molecule has 106 valence electrons. The summed E-state index contributed by atoms with van der Waals surface area (Å²) < 4.78 is 5.69. The average Bonchev–Trinajstić information content (AvgIpc) is 3.10. The van der Waals surface area contributed by atoms with E-state index >= 15 is 0 Å². The summed E-state index contributed by atoms with van der Waals surface area (Å²) in [7, 11) is 0. The number of hydrogen-bond donors (Lipinski definition) is 1. The first-order valence-electron chi connectivity index (χ1n) is 6.99. The van der Waals surface area contributed by atoms with Gasteiger partial charge in [-0.3, -0.25) is 0 Å². The van der Waals surface area contributed by atoms with Gasteiger partial charge in [-0.25, -0.2) is 4.98 Å². The second-order valence-corrected chi connectivity index (χ2v) is 6.42. The number of aliphatic hydroxyl groups excluding tert-OH is 1. The van der Waals surface area contributed by atoms with E-state index in [0.29, 0.717) is 6.42 Å². The van der Waals surface area contributed by atoms with E-state index in [2.05, 4.69) is 22.5 Å².